The third-order valence-corrected chi connectivity index (χ3v) is 17.2. The normalized spacial score (nSPS) is 14.8. The van der Waals surface area contributed by atoms with E-state index in [1.54, 1.807) is 0 Å². The molecule has 0 amide bonds. The molecule has 0 fully saturated rings. The van der Waals surface area contributed by atoms with Gasteiger partial charge in [0.15, 0.2) is 6.10 Å². The number of ether oxygens (including phenoxy) is 3. The molecular weight excluding hydrogens is 1270 g/mol. The van der Waals surface area contributed by atoms with Crippen molar-refractivity contribution >= 4 is 33.6 Å². The Balaban J connectivity index is 4.64. The molecule has 0 aliphatic rings. The van der Waals surface area contributed by atoms with Crippen molar-refractivity contribution < 1.29 is 75.8 Å². The van der Waals surface area contributed by atoms with Gasteiger partial charge in [0, 0.05) is 19.3 Å². The first-order chi connectivity index (χ1) is 47.2. The van der Waals surface area contributed by atoms with Crippen molar-refractivity contribution in [1.29, 1.82) is 0 Å². The minimum Gasteiger partial charge on any atom is -0.463 e. The fraction of sp³-hybridized carbons (Fsp3) is 0.684. The smallest absolute Gasteiger partial charge is 0.463 e. The maximum absolute atomic E-state index is 13.0. The van der Waals surface area contributed by atoms with Gasteiger partial charge in [-0.05, 0) is 135 Å². The zero-order chi connectivity index (χ0) is 70.9. The summed E-state index contributed by atoms with van der Waals surface area (Å²) in [6, 6.07) is 0. The Morgan fingerprint density at radius 1 is 0.299 bits per heavy atom. The molecule has 4 N–H and O–H groups in total. The maximum Gasteiger partial charge on any atom is 0.472 e. The molecule has 0 aromatic rings. The lowest BCUT2D eigenvalue weighted by atomic mass is 10.1. The van der Waals surface area contributed by atoms with Crippen LogP contribution in [0.25, 0.3) is 0 Å². The highest BCUT2D eigenvalue weighted by Crippen LogP contribution is 2.45. The lowest BCUT2D eigenvalue weighted by Gasteiger charge is -2.21. The lowest BCUT2D eigenvalue weighted by molar-refractivity contribution is -0.161. The van der Waals surface area contributed by atoms with Crippen molar-refractivity contribution in [2.45, 2.75) is 309 Å². The van der Waals surface area contributed by atoms with E-state index in [4.69, 9.17) is 32.3 Å². The van der Waals surface area contributed by atoms with E-state index in [0.717, 1.165) is 186 Å². The summed E-state index contributed by atoms with van der Waals surface area (Å²) < 4.78 is 61.1. The minimum absolute atomic E-state index is 0.0872. The number of allylic oxidation sites excluding steroid dienone is 22. The minimum atomic E-state index is -4.94. The molecule has 0 radical (unpaired) electrons. The number of aliphatic hydroxyl groups excluding tert-OH is 2. The first-order valence-corrected chi connectivity index (χ1v) is 40.5. The lowest BCUT2D eigenvalue weighted by Crippen LogP contribution is -2.30. The Morgan fingerprint density at radius 3 is 0.866 bits per heavy atom. The third kappa shape index (κ3) is 72.8. The molecule has 5 atom stereocenters. The van der Waals surface area contributed by atoms with Crippen molar-refractivity contribution in [2.24, 2.45) is 0 Å². The Kier molecular flexibility index (Phi) is 68.3. The standard InChI is InChI=1S/C79H134O16P2/c1-4-7-10-13-16-19-22-25-28-31-33-34-35-36-37-38-40-43-44-47-50-53-56-59-62-65-77(82)89-68-74(80)69-91-96(85,86)92-70-75(81)71-93-97(87,88)94-73-76(95-79(84)67-64-61-58-55-52-49-46-41-30-27-24-21-18-15-12-9-6-3)72-90-78(83)66-63-60-57-54-51-48-45-42-39-32-29-26-23-20-17-14-11-8-5-2/h7,9-10,12,16-21,25-30,33-34,36-37,39,42,74-76,80-81H,4-6,8,11,13-15,22-24,31-32,35,38,40-41,43-73H2,1-3H3,(H,85,86)(H,87,88)/b10-7-,12-9-,19-16-,20-17-,21-18-,28-25-,29-26-,30-27-,34-33-,37-36-,42-39-. The number of hydrogen-bond acceptors (Lipinski definition) is 14. The monoisotopic (exact) mass is 1400 g/mol. The summed E-state index contributed by atoms with van der Waals surface area (Å²) in [5.74, 6) is -1.61. The Labute approximate surface area is 588 Å². The van der Waals surface area contributed by atoms with Crippen LogP contribution in [-0.4, -0.2) is 95.9 Å². The van der Waals surface area contributed by atoms with Crippen molar-refractivity contribution in [3.63, 3.8) is 0 Å². The summed E-state index contributed by atoms with van der Waals surface area (Å²) >= 11 is 0. The SMILES string of the molecule is CC/C=C\C/C=C\C/C=C\C/C=C\C/C=C\CCCCCCCCCCCC(=O)OCC(O)COP(=O)(O)OCC(O)COP(=O)(O)OCC(COC(=O)CCCCCCCC/C=C\C/C=C\C/C=C\CCCCC)OC(=O)CCCCCCCCC/C=C\C/C=C\C/C=C\CC. The van der Waals surface area contributed by atoms with E-state index in [2.05, 4.69) is 154 Å². The summed E-state index contributed by atoms with van der Waals surface area (Å²) in [6.07, 6.45) is 84.9. The molecule has 0 rings (SSSR count). The predicted octanol–water partition coefficient (Wildman–Crippen LogP) is 21.5. The van der Waals surface area contributed by atoms with Gasteiger partial charge in [0.05, 0.1) is 26.4 Å². The molecule has 0 aromatic carbocycles. The molecule has 556 valence electrons. The predicted molar refractivity (Wildman–Crippen MR) is 399 cm³/mol. The van der Waals surface area contributed by atoms with Crippen LogP contribution >= 0.6 is 15.6 Å². The van der Waals surface area contributed by atoms with E-state index in [-0.39, 0.29) is 19.3 Å². The summed E-state index contributed by atoms with van der Waals surface area (Å²) in [5, 5.41) is 20.6. The van der Waals surface area contributed by atoms with Gasteiger partial charge >= 0.3 is 33.6 Å². The van der Waals surface area contributed by atoms with Crippen LogP contribution in [0, 0.1) is 0 Å². The zero-order valence-corrected chi connectivity index (χ0v) is 62.2. The molecule has 0 heterocycles. The number of carbonyl (C=O) groups excluding carboxylic acids is 3. The van der Waals surface area contributed by atoms with Crippen molar-refractivity contribution in [3.8, 4) is 0 Å². The molecule has 16 nitrogen and oxygen atoms in total. The molecule has 0 bridgehead atoms. The van der Waals surface area contributed by atoms with Gasteiger partial charge in [0.2, 0.25) is 0 Å². The Morgan fingerprint density at radius 2 is 0.546 bits per heavy atom. The van der Waals surface area contributed by atoms with Crippen molar-refractivity contribution in [2.75, 3.05) is 39.6 Å². The van der Waals surface area contributed by atoms with Gasteiger partial charge in [-0.2, -0.15) is 0 Å². The first kappa shape index (κ1) is 92.7. The summed E-state index contributed by atoms with van der Waals surface area (Å²) in [7, 11) is -9.80. The van der Waals surface area contributed by atoms with Crippen LogP contribution in [-0.2, 0) is 55.8 Å². The fourth-order valence-corrected chi connectivity index (χ4v) is 11.3. The number of hydrogen-bond donors (Lipinski definition) is 4. The highest BCUT2D eigenvalue weighted by Gasteiger charge is 2.29. The average molecular weight is 1400 g/mol. The molecule has 0 aromatic heterocycles. The first-order valence-electron chi connectivity index (χ1n) is 37.5. The van der Waals surface area contributed by atoms with E-state index in [0.29, 0.717) is 19.3 Å². The van der Waals surface area contributed by atoms with E-state index < -0.39 is 91.5 Å². The van der Waals surface area contributed by atoms with Crippen LogP contribution in [0.2, 0.25) is 0 Å². The van der Waals surface area contributed by atoms with Gasteiger partial charge in [-0.1, -0.05) is 270 Å². The van der Waals surface area contributed by atoms with E-state index in [1.807, 2.05) is 0 Å². The number of carbonyl (C=O) groups is 3. The van der Waals surface area contributed by atoms with E-state index >= 15 is 0 Å². The topological polar surface area (TPSA) is 231 Å². The van der Waals surface area contributed by atoms with E-state index in [1.165, 1.54) is 44.9 Å². The molecule has 97 heavy (non-hydrogen) atoms. The van der Waals surface area contributed by atoms with Crippen LogP contribution in [0.3, 0.4) is 0 Å². The summed E-state index contributed by atoms with van der Waals surface area (Å²) in [6.45, 7) is 2.40. The number of aliphatic hydroxyl groups is 2. The largest absolute Gasteiger partial charge is 0.472 e. The Hall–Kier alpha value is -4.31. The molecule has 0 saturated heterocycles. The second-order valence-corrected chi connectivity index (χ2v) is 27.6. The average Bonchev–Trinajstić information content (AvgIpc) is 2.50. The van der Waals surface area contributed by atoms with Crippen LogP contribution in [0.15, 0.2) is 134 Å². The third-order valence-electron chi connectivity index (χ3n) is 15.3. The van der Waals surface area contributed by atoms with Gasteiger partial charge < -0.3 is 34.2 Å². The second kappa shape index (κ2) is 71.5. The van der Waals surface area contributed by atoms with Gasteiger partial charge in [0.1, 0.15) is 25.4 Å². The number of phosphoric ester groups is 2. The molecule has 0 saturated carbocycles. The number of rotatable bonds is 70. The van der Waals surface area contributed by atoms with E-state index in [9.17, 15) is 43.5 Å². The zero-order valence-electron chi connectivity index (χ0n) is 60.5. The second-order valence-electron chi connectivity index (χ2n) is 24.7. The number of phosphoric acid groups is 2. The van der Waals surface area contributed by atoms with Crippen molar-refractivity contribution in [1.82, 2.24) is 0 Å². The quantitative estimate of drug-likeness (QED) is 0.0146. The summed E-state index contributed by atoms with van der Waals surface area (Å²) in [4.78, 5) is 58.6. The highest BCUT2D eigenvalue weighted by atomic mass is 31.2. The molecule has 0 aliphatic heterocycles. The van der Waals surface area contributed by atoms with Crippen LogP contribution in [0.5, 0.6) is 0 Å². The highest BCUT2D eigenvalue weighted by molar-refractivity contribution is 7.47. The van der Waals surface area contributed by atoms with Gasteiger partial charge in [-0.25, -0.2) is 9.13 Å². The van der Waals surface area contributed by atoms with Gasteiger partial charge in [-0.3, -0.25) is 32.5 Å². The number of unbranched alkanes of at least 4 members (excludes halogenated alkanes) is 25. The van der Waals surface area contributed by atoms with Gasteiger partial charge in [0.25, 0.3) is 0 Å². The maximum atomic E-state index is 13.0. The Bertz CT molecular complexity index is 2300. The van der Waals surface area contributed by atoms with Crippen LogP contribution in [0.4, 0.5) is 0 Å². The molecule has 18 heteroatoms. The molecule has 5 unspecified atom stereocenters. The molecular formula is C79H134O16P2. The molecule has 0 aliphatic carbocycles. The van der Waals surface area contributed by atoms with Gasteiger partial charge in [-0.15, -0.1) is 0 Å². The van der Waals surface area contributed by atoms with Crippen LogP contribution < -0.4 is 0 Å². The number of esters is 3. The molecule has 0 spiro atoms. The van der Waals surface area contributed by atoms with Crippen molar-refractivity contribution in [3.05, 3.63) is 134 Å². The fourth-order valence-electron chi connectivity index (χ4n) is 9.68. The summed E-state index contributed by atoms with van der Waals surface area (Å²) in [5.41, 5.74) is 0. The van der Waals surface area contributed by atoms with Crippen LogP contribution in [0.1, 0.15) is 290 Å².